The number of benzene rings is 2. The van der Waals surface area contributed by atoms with Crippen molar-refractivity contribution in [3.05, 3.63) is 59.6 Å². The van der Waals surface area contributed by atoms with Crippen molar-refractivity contribution in [2.75, 3.05) is 11.9 Å². The molecule has 128 valence electrons. The second-order valence-electron chi connectivity index (χ2n) is 5.08. The fraction of sp³-hybridized carbons (Fsp3) is 0.167. The van der Waals surface area contributed by atoms with E-state index < -0.39 is 0 Å². The van der Waals surface area contributed by atoms with Crippen LogP contribution in [0, 0.1) is 0 Å². The molecular formula is C18H17N3O3S. The molecule has 0 atom stereocenters. The van der Waals surface area contributed by atoms with Crippen LogP contribution in [0.15, 0.2) is 54.6 Å². The van der Waals surface area contributed by atoms with Gasteiger partial charge in [0.1, 0.15) is 22.3 Å². The molecule has 0 spiro atoms. The second kappa shape index (κ2) is 8.25. The van der Waals surface area contributed by atoms with Gasteiger partial charge in [0, 0.05) is 0 Å². The van der Waals surface area contributed by atoms with Crippen LogP contribution in [0.1, 0.15) is 11.9 Å². The van der Waals surface area contributed by atoms with Crippen molar-refractivity contribution in [3.63, 3.8) is 0 Å². The minimum atomic E-state index is -0.275. The maximum atomic E-state index is 11.9. The third-order valence-electron chi connectivity index (χ3n) is 3.19. The lowest BCUT2D eigenvalue weighted by molar-refractivity contribution is -0.118. The van der Waals surface area contributed by atoms with Crippen LogP contribution in [0.4, 0.5) is 5.13 Å². The minimum Gasteiger partial charge on any atom is -0.484 e. The molecule has 0 radical (unpaired) electrons. The summed E-state index contributed by atoms with van der Waals surface area (Å²) in [5, 5.41) is 11.9. The summed E-state index contributed by atoms with van der Waals surface area (Å²) in [6.45, 7) is 1.89. The number of carbonyl (C=O) groups excluding carboxylic acids is 1. The molecule has 1 heterocycles. The maximum absolute atomic E-state index is 11.9. The average Bonchev–Trinajstić information content (AvgIpc) is 3.09. The largest absolute Gasteiger partial charge is 0.484 e. The van der Waals surface area contributed by atoms with Crippen LogP contribution in [0.25, 0.3) is 0 Å². The quantitative estimate of drug-likeness (QED) is 0.695. The van der Waals surface area contributed by atoms with Gasteiger partial charge in [-0.25, -0.2) is 0 Å². The molecule has 2 aromatic carbocycles. The Kier molecular flexibility index (Phi) is 5.58. The number of anilines is 1. The molecule has 1 aromatic heterocycles. The number of aromatic nitrogens is 2. The first-order chi connectivity index (χ1) is 12.2. The van der Waals surface area contributed by atoms with Crippen molar-refractivity contribution >= 4 is 22.4 Å². The smallest absolute Gasteiger partial charge is 0.264 e. The van der Waals surface area contributed by atoms with Crippen molar-refractivity contribution in [1.82, 2.24) is 10.2 Å². The second-order valence-corrected chi connectivity index (χ2v) is 6.14. The number of rotatable bonds is 7. The van der Waals surface area contributed by atoms with Crippen molar-refractivity contribution in [2.24, 2.45) is 0 Å². The van der Waals surface area contributed by atoms with Crippen molar-refractivity contribution in [2.45, 2.75) is 13.3 Å². The van der Waals surface area contributed by atoms with E-state index in [0.29, 0.717) is 16.6 Å². The zero-order chi connectivity index (χ0) is 17.5. The van der Waals surface area contributed by atoms with E-state index in [4.69, 9.17) is 9.47 Å². The van der Waals surface area contributed by atoms with Crippen LogP contribution in [0.3, 0.4) is 0 Å². The van der Waals surface area contributed by atoms with Crippen molar-refractivity contribution in [1.29, 1.82) is 0 Å². The Morgan fingerprint density at radius 2 is 1.68 bits per heavy atom. The van der Waals surface area contributed by atoms with Gasteiger partial charge >= 0.3 is 0 Å². The van der Waals surface area contributed by atoms with Gasteiger partial charge in [-0.05, 0) is 42.8 Å². The number of hydrogen-bond acceptors (Lipinski definition) is 6. The molecular weight excluding hydrogens is 338 g/mol. The highest BCUT2D eigenvalue weighted by molar-refractivity contribution is 7.15. The summed E-state index contributed by atoms with van der Waals surface area (Å²) in [6, 6.07) is 16.6. The van der Waals surface area contributed by atoms with Gasteiger partial charge in [-0.3, -0.25) is 10.1 Å². The van der Waals surface area contributed by atoms with E-state index in [1.54, 1.807) is 24.3 Å². The number of nitrogens with zero attached hydrogens (tertiary/aromatic N) is 2. The summed E-state index contributed by atoms with van der Waals surface area (Å²) in [5.41, 5.74) is 0. The SMILES string of the molecule is CCc1nnc(NC(=O)COc2ccc(Oc3ccccc3)cc2)s1. The van der Waals surface area contributed by atoms with Crippen molar-refractivity contribution in [3.8, 4) is 17.2 Å². The Hall–Kier alpha value is -2.93. The third-order valence-corrected chi connectivity index (χ3v) is 4.17. The first-order valence-corrected chi connectivity index (χ1v) is 8.62. The zero-order valence-electron chi connectivity index (χ0n) is 13.6. The molecule has 3 aromatic rings. The van der Waals surface area contributed by atoms with Crippen molar-refractivity contribution < 1.29 is 14.3 Å². The van der Waals surface area contributed by atoms with E-state index in [9.17, 15) is 4.79 Å². The summed E-state index contributed by atoms with van der Waals surface area (Å²) in [7, 11) is 0. The Morgan fingerprint density at radius 1 is 1.00 bits per heavy atom. The van der Waals surface area contributed by atoms with Gasteiger partial charge in [0.15, 0.2) is 6.61 Å². The highest BCUT2D eigenvalue weighted by Crippen LogP contribution is 2.23. The van der Waals surface area contributed by atoms with Gasteiger partial charge in [0.25, 0.3) is 5.91 Å². The molecule has 0 saturated carbocycles. The highest BCUT2D eigenvalue weighted by Gasteiger charge is 2.08. The van der Waals surface area contributed by atoms with E-state index in [2.05, 4.69) is 15.5 Å². The molecule has 1 amide bonds. The number of nitrogens with one attached hydrogen (secondary N) is 1. The van der Waals surface area contributed by atoms with Gasteiger partial charge in [-0.15, -0.1) is 10.2 Å². The summed E-state index contributed by atoms with van der Waals surface area (Å²) in [4.78, 5) is 11.9. The lowest BCUT2D eigenvalue weighted by atomic mass is 10.3. The third kappa shape index (κ3) is 5.02. The summed E-state index contributed by atoms with van der Waals surface area (Å²) < 4.78 is 11.2. The predicted molar refractivity (Wildman–Crippen MR) is 96.4 cm³/mol. The fourth-order valence-electron chi connectivity index (χ4n) is 1.98. The summed E-state index contributed by atoms with van der Waals surface area (Å²) >= 11 is 1.36. The monoisotopic (exact) mass is 355 g/mol. The average molecular weight is 355 g/mol. The molecule has 0 aliphatic rings. The lowest BCUT2D eigenvalue weighted by Crippen LogP contribution is -2.20. The molecule has 1 N–H and O–H groups in total. The Balaban J connectivity index is 1.48. The van der Waals surface area contributed by atoms with Gasteiger partial charge < -0.3 is 9.47 Å². The first kappa shape index (κ1) is 16.9. The van der Waals surface area contributed by atoms with Crippen LogP contribution in [-0.2, 0) is 11.2 Å². The Morgan fingerprint density at radius 3 is 2.36 bits per heavy atom. The fourth-order valence-corrected chi connectivity index (χ4v) is 2.68. The molecule has 7 heteroatoms. The zero-order valence-corrected chi connectivity index (χ0v) is 14.5. The highest BCUT2D eigenvalue weighted by atomic mass is 32.1. The standard InChI is InChI=1S/C18H17N3O3S/c1-2-17-20-21-18(25-17)19-16(22)12-23-13-8-10-15(11-9-13)24-14-6-4-3-5-7-14/h3-11H,2,12H2,1H3,(H,19,21,22). The normalized spacial score (nSPS) is 10.3. The Labute approximate surface area is 149 Å². The van der Waals surface area contributed by atoms with Crippen LogP contribution < -0.4 is 14.8 Å². The van der Waals surface area contributed by atoms with E-state index >= 15 is 0 Å². The van der Waals surface area contributed by atoms with E-state index in [1.807, 2.05) is 37.3 Å². The predicted octanol–water partition coefficient (Wildman–Crippen LogP) is 3.91. The van der Waals surface area contributed by atoms with E-state index in [-0.39, 0.29) is 12.5 Å². The van der Waals surface area contributed by atoms with E-state index in [0.717, 1.165) is 17.2 Å². The molecule has 0 aliphatic heterocycles. The molecule has 0 bridgehead atoms. The number of amides is 1. The molecule has 25 heavy (non-hydrogen) atoms. The van der Waals surface area contributed by atoms with Gasteiger partial charge in [0.05, 0.1) is 0 Å². The lowest BCUT2D eigenvalue weighted by Gasteiger charge is -2.08. The van der Waals surface area contributed by atoms with Gasteiger partial charge in [-0.2, -0.15) is 0 Å². The number of aryl methyl sites for hydroxylation is 1. The maximum Gasteiger partial charge on any atom is 0.264 e. The molecule has 0 saturated heterocycles. The van der Waals surface area contributed by atoms with Gasteiger partial charge in [0.2, 0.25) is 5.13 Å². The Bertz CT molecular complexity index is 819. The molecule has 0 fully saturated rings. The van der Waals surface area contributed by atoms with Crippen LogP contribution in [0.5, 0.6) is 17.2 Å². The number of hydrogen-bond donors (Lipinski definition) is 1. The van der Waals surface area contributed by atoms with Crippen LogP contribution in [-0.4, -0.2) is 22.7 Å². The minimum absolute atomic E-state index is 0.0973. The van der Waals surface area contributed by atoms with Gasteiger partial charge in [-0.1, -0.05) is 36.5 Å². The molecule has 0 unspecified atom stereocenters. The number of carbonyl (C=O) groups is 1. The van der Waals surface area contributed by atoms with Crippen LogP contribution in [0.2, 0.25) is 0 Å². The summed E-state index contributed by atoms with van der Waals surface area (Å²) in [5.74, 6) is 1.77. The summed E-state index contributed by atoms with van der Waals surface area (Å²) in [6.07, 6.45) is 0.793. The topological polar surface area (TPSA) is 73.3 Å². The van der Waals surface area contributed by atoms with Crippen LogP contribution >= 0.6 is 11.3 Å². The molecule has 6 nitrogen and oxygen atoms in total. The number of ether oxygens (including phenoxy) is 2. The van der Waals surface area contributed by atoms with E-state index in [1.165, 1.54) is 11.3 Å². The molecule has 3 rings (SSSR count). The first-order valence-electron chi connectivity index (χ1n) is 7.81. The molecule has 0 aliphatic carbocycles. The number of para-hydroxylation sites is 1.